The fraction of sp³-hybridized carbons (Fsp3) is 0.261. The van der Waals surface area contributed by atoms with E-state index in [1.165, 1.54) is 6.20 Å². The average Bonchev–Trinajstić information content (AvgIpc) is 3.24. The van der Waals surface area contributed by atoms with Crippen LogP contribution in [0.1, 0.15) is 25.7 Å². The van der Waals surface area contributed by atoms with Crippen LogP contribution in [0.5, 0.6) is 0 Å². The number of anilines is 1. The SMILES string of the molecule is O=S(=O)(NC1CCCC(Nc2cc(-c3c[nH]c4ncccc34)cc(Cl)n2)C1)c1cccnc1. The summed E-state index contributed by atoms with van der Waals surface area (Å²) in [6, 6.07) is 10.8. The lowest BCUT2D eigenvalue weighted by Crippen LogP contribution is -2.41. The summed E-state index contributed by atoms with van der Waals surface area (Å²) < 4.78 is 28.2. The van der Waals surface area contributed by atoms with E-state index in [9.17, 15) is 8.42 Å². The van der Waals surface area contributed by atoms with Crippen molar-refractivity contribution in [3.8, 4) is 11.1 Å². The van der Waals surface area contributed by atoms with Gasteiger partial charge in [-0.1, -0.05) is 11.6 Å². The fourth-order valence-corrected chi connectivity index (χ4v) is 5.81. The van der Waals surface area contributed by atoms with Gasteiger partial charge >= 0.3 is 0 Å². The van der Waals surface area contributed by atoms with Crippen LogP contribution in [-0.2, 0) is 10.0 Å². The summed E-state index contributed by atoms with van der Waals surface area (Å²) in [4.78, 5) is 16.1. The van der Waals surface area contributed by atoms with E-state index < -0.39 is 10.0 Å². The highest BCUT2D eigenvalue weighted by atomic mass is 35.5. The molecule has 1 fully saturated rings. The summed E-state index contributed by atoms with van der Waals surface area (Å²) in [5.74, 6) is 0.663. The second kappa shape index (κ2) is 9.09. The van der Waals surface area contributed by atoms with E-state index in [-0.39, 0.29) is 17.0 Å². The van der Waals surface area contributed by atoms with Crippen LogP contribution in [0.3, 0.4) is 0 Å². The van der Waals surface area contributed by atoms with Crippen molar-refractivity contribution >= 4 is 38.5 Å². The molecule has 0 bridgehead atoms. The van der Waals surface area contributed by atoms with Crippen LogP contribution in [0.2, 0.25) is 5.15 Å². The van der Waals surface area contributed by atoms with Gasteiger partial charge in [-0.3, -0.25) is 4.98 Å². The van der Waals surface area contributed by atoms with E-state index in [1.807, 2.05) is 30.5 Å². The average molecular weight is 483 g/mol. The first-order valence-electron chi connectivity index (χ1n) is 10.8. The van der Waals surface area contributed by atoms with Crippen LogP contribution < -0.4 is 10.0 Å². The molecule has 33 heavy (non-hydrogen) atoms. The highest BCUT2D eigenvalue weighted by molar-refractivity contribution is 7.89. The molecule has 1 aliphatic carbocycles. The molecular formula is C23H23ClN6O2S. The number of nitrogens with zero attached hydrogens (tertiary/aromatic N) is 3. The van der Waals surface area contributed by atoms with Gasteiger partial charge in [0, 0.05) is 47.8 Å². The first-order chi connectivity index (χ1) is 16.0. The number of fused-ring (bicyclic) bond motifs is 1. The van der Waals surface area contributed by atoms with Gasteiger partial charge in [0.2, 0.25) is 10.0 Å². The minimum absolute atomic E-state index is 0.0730. The first kappa shape index (κ1) is 21.8. The highest BCUT2D eigenvalue weighted by Gasteiger charge is 2.27. The number of pyridine rings is 3. The molecule has 0 amide bonds. The van der Waals surface area contributed by atoms with Gasteiger partial charge in [-0.15, -0.1) is 0 Å². The zero-order valence-electron chi connectivity index (χ0n) is 17.7. The Balaban J connectivity index is 1.32. The quantitative estimate of drug-likeness (QED) is 0.352. The Morgan fingerprint density at radius 3 is 2.79 bits per heavy atom. The number of halogens is 1. The van der Waals surface area contributed by atoms with Crippen molar-refractivity contribution in [3.63, 3.8) is 0 Å². The van der Waals surface area contributed by atoms with E-state index in [0.29, 0.717) is 17.4 Å². The van der Waals surface area contributed by atoms with Crippen molar-refractivity contribution in [3.05, 3.63) is 66.3 Å². The number of rotatable bonds is 6. The first-order valence-corrected chi connectivity index (χ1v) is 12.6. The van der Waals surface area contributed by atoms with Crippen LogP contribution in [-0.4, -0.2) is 40.4 Å². The molecule has 4 aromatic rings. The van der Waals surface area contributed by atoms with Gasteiger partial charge < -0.3 is 10.3 Å². The van der Waals surface area contributed by atoms with Crippen LogP contribution >= 0.6 is 11.6 Å². The molecule has 10 heteroatoms. The van der Waals surface area contributed by atoms with Crippen molar-refractivity contribution in [2.75, 3.05) is 5.32 Å². The normalized spacial score (nSPS) is 18.9. The Kier molecular flexibility index (Phi) is 6.01. The molecule has 8 nitrogen and oxygen atoms in total. The summed E-state index contributed by atoms with van der Waals surface area (Å²) in [6.07, 6.45) is 9.84. The summed E-state index contributed by atoms with van der Waals surface area (Å²) in [5.41, 5.74) is 2.74. The molecule has 0 spiro atoms. The molecule has 2 unspecified atom stereocenters. The number of hydrogen-bond donors (Lipinski definition) is 3. The Hall–Kier alpha value is -3.01. The highest BCUT2D eigenvalue weighted by Crippen LogP contribution is 2.31. The van der Waals surface area contributed by atoms with Gasteiger partial charge in [-0.25, -0.2) is 23.1 Å². The molecule has 4 heterocycles. The number of aromatic nitrogens is 4. The summed E-state index contributed by atoms with van der Waals surface area (Å²) in [7, 11) is -3.61. The maximum absolute atomic E-state index is 12.7. The maximum atomic E-state index is 12.7. The van der Waals surface area contributed by atoms with Crippen LogP contribution in [0.25, 0.3) is 22.2 Å². The van der Waals surface area contributed by atoms with Gasteiger partial charge in [-0.2, -0.15) is 0 Å². The zero-order valence-corrected chi connectivity index (χ0v) is 19.3. The predicted molar refractivity (Wildman–Crippen MR) is 129 cm³/mol. The van der Waals surface area contributed by atoms with Gasteiger partial charge in [0.15, 0.2) is 0 Å². The lowest BCUT2D eigenvalue weighted by Gasteiger charge is -2.30. The summed E-state index contributed by atoms with van der Waals surface area (Å²) in [5, 5.41) is 4.85. The fourth-order valence-electron chi connectivity index (χ4n) is 4.35. The van der Waals surface area contributed by atoms with Crippen molar-refractivity contribution in [2.45, 2.75) is 42.7 Å². The Bertz CT molecular complexity index is 1380. The summed E-state index contributed by atoms with van der Waals surface area (Å²) in [6.45, 7) is 0. The minimum atomic E-state index is -3.61. The third-order valence-corrected chi connectivity index (χ3v) is 7.55. The van der Waals surface area contributed by atoms with Gasteiger partial charge in [-0.05, 0) is 67.6 Å². The molecule has 5 rings (SSSR count). The minimum Gasteiger partial charge on any atom is -0.367 e. The van der Waals surface area contributed by atoms with Gasteiger partial charge in [0.1, 0.15) is 21.5 Å². The lowest BCUT2D eigenvalue weighted by molar-refractivity contribution is 0.385. The molecule has 0 aromatic carbocycles. The zero-order chi connectivity index (χ0) is 22.8. The second-order valence-electron chi connectivity index (χ2n) is 8.18. The van der Waals surface area contributed by atoms with Gasteiger partial charge in [0.05, 0.1) is 0 Å². The monoisotopic (exact) mass is 482 g/mol. The molecule has 0 aliphatic heterocycles. The van der Waals surface area contributed by atoms with E-state index in [2.05, 4.69) is 30.0 Å². The van der Waals surface area contributed by atoms with E-state index in [1.54, 1.807) is 24.5 Å². The second-order valence-corrected chi connectivity index (χ2v) is 10.3. The smallest absolute Gasteiger partial charge is 0.242 e. The third kappa shape index (κ3) is 4.85. The van der Waals surface area contributed by atoms with E-state index in [4.69, 9.17) is 11.6 Å². The lowest BCUT2D eigenvalue weighted by atomic mass is 9.91. The molecule has 1 aliphatic rings. The van der Waals surface area contributed by atoms with Crippen LogP contribution in [0, 0.1) is 0 Å². The predicted octanol–water partition coefficient (Wildman–Crippen LogP) is 4.37. The van der Waals surface area contributed by atoms with Crippen LogP contribution in [0.4, 0.5) is 5.82 Å². The number of sulfonamides is 1. The van der Waals surface area contributed by atoms with E-state index in [0.717, 1.165) is 41.4 Å². The Morgan fingerprint density at radius 2 is 1.94 bits per heavy atom. The molecule has 0 saturated heterocycles. The maximum Gasteiger partial charge on any atom is 0.242 e. The van der Waals surface area contributed by atoms with Crippen molar-refractivity contribution in [2.24, 2.45) is 0 Å². The molecule has 1 saturated carbocycles. The number of aromatic amines is 1. The summed E-state index contributed by atoms with van der Waals surface area (Å²) >= 11 is 6.34. The number of H-pyrrole nitrogens is 1. The molecule has 2 atom stereocenters. The van der Waals surface area contributed by atoms with Crippen molar-refractivity contribution in [1.82, 2.24) is 24.7 Å². The standard InChI is InChI=1S/C23H23ClN6O2S/c24-21-10-15(20-14-27-23-19(20)7-3-9-26-23)11-22(29-21)28-16-4-1-5-17(12-16)30-33(31,32)18-6-2-8-25-13-18/h2-3,6-11,13-14,16-17,30H,1,4-5,12H2,(H,26,27)(H,28,29). The number of hydrogen-bond acceptors (Lipinski definition) is 6. The Labute approximate surface area is 196 Å². The van der Waals surface area contributed by atoms with E-state index >= 15 is 0 Å². The van der Waals surface area contributed by atoms with Gasteiger partial charge in [0.25, 0.3) is 0 Å². The molecule has 0 radical (unpaired) electrons. The largest absolute Gasteiger partial charge is 0.367 e. The molecule has 3 N–H and O–H groups in total. The molecular weight excluding hydrogens is 460 g/mol. The van der Waals surface area contributed by atoms with Crippen molar-refractivity contribution < 1.29 is 8.42 Å². The van der Waals surface area contributed by atoms with Crippen LogP contribution in [0.15, 0.2) is 66.1 Å². The third-order valence-electron chi connectivity index (χ3n) is 5.85. The molecule has 170 valence electrons. The van der Waals surface area contributed by atoms with Crippen molar-refractivity contribution in [1.29, 1.82) is 0 Å². The Morgan fingerprint density at radius 1 is 1.09 bits per heavy atom. The number of nitrogens with one attached hydrogen (secondary N) is 3. The molecule has 4 aromatic heterocycles. The topological polar surface area (TPSA) is 113 Å².